The smallest absolute Gasteiger partial charge is 0.132 e. The lowest BCUT2D eigenvalue weighted by Crippen LogP contribution is -1.95. The fraction of sp³-hybridized carbons (Fsp3) is 0. The van der Waals surface area contributed by atoms with Gasteiger partial charge in [0.1, 0.15) is 5.82 Å². The van der Waals surface area contributed by atoms with Crippen LogP contribution in [0.5, 0.6) is 0 Å². The number of hydrogen-bond donors (Lipinski definition) is 2. The first-order valence-electron chi connectivity index (χ1n) is 2.72. The zero-order valence-electron chi connectivity index (χ0n) is 5.64. The molecular formula is C6H8ClN3O. The van der Waals surface area contributed by atoms with Gasteiger partial charge in [-0.15, -0.1) is 12.4 Å². The monoisotopic (exact) mass is 173 g/mol. The van der Waals surface area contributed by atoms with Crippen molar-refractivity contribution < 1.29 is 5.21 Å². The van der Waals surface area contributed by atoms with Gasteiger partial charge in [0.25, 0.3) is 0 Å². The first kappa shape index (κ1) is 9.71. The van der Waals surface area contributed by atoms with Gasteiger partial charge in [0, 0.05) is 11.8 Å². The molecule has 0 bridgehead atoms. The second-order valence-corrected chi connectivity index (χ2v) is 1.72. The van der Waals surface area contributed by atoms with Crippen LogP contribution in [0.3, 0.4) is 0 Å². The lowest BCUT2D eigenvalue weighted by molar-refractivity contribution is 0.322. The Kier molecular flexibility index (Phi) is 3.98. The summed E-state index contributed by atoms with van der Waals surface area (Å²) in [7, 11) is 0. The van der Waals surface area contributed by atoms with Gasteiger partial charge in [-0.25, -0.2) is 4.98 Å². The average molecular weight is 174 g/mol. The molecular weight excluding hydrogens is 166 g/mol. The molecule has 0 fully saturated rings. The predicted molar refractivity (Wildman–Crippen MR) is 45.3 cm³/mol. The van der Waals surface area contributed by atoms with E-state index in [2.05, 4.69) is 10.1 Å². The lowest BCUT2D eigenvalue weighted by Gasteiger charge is -1.93. The van der Waals surface area contributed by atoms with Gasteiger partial charge in [-0.2, -0.15) is 0 Å². The molecule has 11 heavy (non-hydrogen) atoms. The van der Waals surface area contributed by atoms with Crippen molar-refractivity contribution in [2.24, 2.45) is 5.16 Å². The predicted octanol–water partition coefficient (Wildman–Crippen LogP) is 0.894. The summed E-state index contributed by atoms with van der Waals surface area (Å²) in [6.07, 6.45) is 2.81. The molecule has 0 atom stereocenters. The van der Waals surface area contributed by atoms with E-state index < -0.39 is 0 Å². The third kappa shape index (κ3) is 2.43. The average Bonchev–Trinajstić information content (AvgIpc) is 1.94. The molecule has 0 saturated carbocycles. The van der Waals surface area contributed by atoms with Crippen LogP contribution < -0.4 is 5.73 Å². The maximum absolute atomic E-state index is 8.13. The fourth-order valence-corrected chi connectivity index (χ4v) is 0.601. The normalized spacial score (nSPS) is 9.45. The Labute approximate surface area is 70.2 Å². The van der Waals surface area contributed by atoms with Gasteiger partial charge >= 0.3 is 0 Å². The minimum absolute atomic E-state index is 0. The Bertz CT molecular complexity index is 251. The summed E-state index contributed by atoms with van der Waals surface area (Å²) < 4.78 is 0. The number of nitrogens with zero attached hydrogens (tertiary/aromatic N) is 2. The first-order chi connectivity index (χ1) is 4.84. The number of anilines is 1. The highest BCUT2D eigenvalue weighted by molar-refractivity contribution is 5.85. The molecule has 0 radical (unpaired) electrons. The third-order valence-corrected chi connectivity index (χ3v) is 1.07. The van der Waals surface area contributed by atoms with E-state index in [0.29, 0.717) is 11.4 Å². The number of aromatic nitrogens is 1. The second-order valence-electron chi connectivity index (χ2n) is 1.72. The highest BCUT2D eigenvalue weighted by atomic mass is 35.5. The van der Waals surface area contributed by atoms with Crippen LogP contribution in [0, 0.1) is 0 Å². The van der Waals surface area contributed by atoms with Crippen molar-refractivity contribution >= 4 is 24.4 Å². The number of pyridine rings is 1. The second kappa shape index (κ2) is 4.51. The molecule has 0 amide bonds. The van der Waals surface area contributed by atoms with E-state index in [1.165, 1.54) is 6.21 Å². The van der Waals surface area contributed by atoms with Crippen LogP contribution in [-0.4, -0.2) is 16.4 Å². The highest BCUT2D eigenvalue weighted by Crippen LogP contribution is 2.01. The van der Waals surface area contributed by atoms with Gasteiger partial charge in [0.05, 0.1) is 6.21 Å². The van der Waals surface area contributed by atoms with Crippen LogP contribution in [-0.2, 0) is 0 Å². The molecule has 4 nitrogen and oxygen atoms in total. The molecule has 0 aliphatic rings. The van der Waals surface area contributed by atoms with Crippen LogP contribution in [0.25, 0.3) is 0 Å². The number of hydrogen-bond acceptors (Lipinski definition) is 4. The topological polar surface area (TPSA) is 71.5 Å². The van der Waals surface area contributed by atoms with E-state index in [9.17, 15) is 0 Å². The van der Waals surface area contributed by atoms with Crippen LogP contribution in [0.4, 0.5) is 5.82 Å². The van der Waals surface area contributed by atoms with E-state index in [4.69, 9.17) is 10.9 Å². The quantitative estimate of drug-likeness (QED) is 0.377. The van der Waals surface area contributed by atoms with Gasteiger partial charge in [-0.3, -0.25) is 0 Å². The van der Waals surface area contributed by atoms with Crippen LogP contribution in [0.1, 0.15) is 5.56 Å². The Hall–Kier alpha value is -1.29. The lowest BCUT2D eigenvalue weighted by atomic mass is 10.3. The molecule has 5 heteroatoms. The molecule has 0 aromatic carbocycles. The summed E-state index contributed by atoms with van der Waals surface area (Å²) in [5, 5.41) is 11.0. The molecule has 1 aromatic heterocycles. The van der Waals surface area contributed by atoms with Gasteiger partial charge in [0.15, 0.2) is 0 Å². The molecule has 1 aromatic rings. The van der Waals surface area contributed by atoms with Gasteiger partial charge < -0.3 is 10.9 Å². The first-order valence-corrected chi connectivity index (χ1v) is 2.72. The summed E-state index contributed by atoms with van der Waals surface area (Å²) in [5.74, 6) is 0.361. The standard InChI is InChI=1S/C6H7N3O.ClH/c7-6-5(4-9-10)2-1-3-8-6;/h1-4,10H,(H2,7,8);1H/b9-4-;. The number of rotatable bonds is 1. The van der Waals surface area contributed by atoms with Crippen LogP contribution >= 0.6 is 12.4 Å². The van der Waals surface area contributed by atoms with Crippen molar-refractivity contribution in [3.05, 3.63) is 23.9 Å². The van der Waals surface area contributed by atoms with E-state index >= 15 is 0 Å². The van der Waals surface area contributed by atoms with E-state index in [1.807, 2.05) is 0 Å². The number of oxime groups is 1. The largest absolute Gasteiger partial charge is 0.411 e. The van der Waals surface area contributed by atoms with Gasteiger partial charge in [-0.05, 0) is 12.1 Å². The molecule has 0 saturated heterocycles. The molecule has 60 valence electrons. The summed E-state index contributed by atoms with van der Waals surface area (Å²) >= 11 is 0. The maximum atomic E-state index is 8.13. The van der Waals surface area contributed by atoms with Crippen molar-refractivity contribution in [3.63, 3.8) is 0 Å². The Morgan fingerprint density at radius 2 is 2.36 bits per heavy atom. The molecule has 0 aliphatic heterocycles. The van der Waals surface area contributed by atoms with Crippen molar-refractivity contribution in [3.8, 4) is 0 Å². The molecule has 1 heterocycles. The minimum atomic E-state index is 0. The summed E-state index contributed by atoms with van der Waals surface area (Å²) in [5.41, 5.74) is 6.01. The van der Waals surface area contributed by atoms with Gasteiger partial charge in [0.2, 0.25) is 0 Å². The zero-order chi connectivity index (χ0) is 7.40. The zero-order valence-corrected chi connectivity index (χ0v) is 6.45. The maximum Gasteiger partial charge on any atom is 0.132 e. The van der Waals surface area contributed by atoms with Crippen molar-refractivity contribution in [1.29, 1.82) is 0 Å². The van der Waals surface area contributed by atoms with Crippen molar-refractivity contribution in [1.82, 2.24) is 4.98 Å². The molecule has 0 aliphatic carbocycles. The summed E-state index contributed by atoms with van der Waals surface area (Å²) in [4.78, 5) is 3.77. The number of nitrogen functional groups attached to an aromatic ring is 1. The minimum Gasteiger partial charge on any atom is -0.411 e. The van der Waals surface area contributed by atoms with Crippen molar-refractivity contribution in [2.75, 3.05) is 5.73 Å². The third-order valence-electron chi connectivity index (χ3n) is 1.07. The Morgan fingerprint density at radius 1 is 1.64 bits per heavy atom. The molecule has 0 unspecified atom stereocenters. The molecule has 3 N–H and O–H groups in total. The fourth-order valence-electron chi connectivity index (χ4n) is 0.601. The van der Waals surface area contributed by atoms with E-state index in [1.54, 1.807) is 18.3 Å². The summed E-state index contributed by atoms with van der Waals surface area (Å²) in [6, 6.07) is 3.43. The summed E-state index contributed by atoms with van der Waals surface area (Å²) in [6.45, 7) is 0. The molecule has 0 spiro atoms. The highest BCUT2D eigenvalue weighted by Gasteiger charge is 1.92. The van der Waals surface area contributed by atoms with E-state index in [-0.39, 0.29) is 12.4 Å². The molecule has 1 rings (SSSR count). The number of nitrogens with two attached hydrogens (primary N) is 1. The van der Waals surface area contributed by atoms with Crippen LogP contribution in [0.2, 0.25) is 0 Å². The van der Waals surface area contributed by atoms with Gasteiger partial charge in [-0.1, -0.05) is 5.16 Å². The number of halogens is 1. The Morgan fingerprint density at radius 3 is 2.91 bits per heavy atom. The van der Waals surface area contributed by atoms with Crippen molar-refractivity contribution in [2.45, 2.75) is 0 Å². The Balaban J connectivity index is 0.000001000. The van der Waals surface area contributed by atoms with E-state index in [0.717, 1.165) is 0 Å². The van der Waals surface area contributed by atoms with Crippen LogP contribution in [0.15, 0.2) is 23.5 Å². The SMILES string of the molecule is Cl.Nc1ncccc1/C=N\O.